The summed E-state index contributed by atoms with van der Waals surface area (Å²) in [5.41, 5.74) is -0.386. The zero-order chi connectivity index (χ0) is 13.0. The van der Waals surface area contributed by atoms with Gasteiger partial charge < -0.3 is 9.47 Å². The predicted octanol–water partition coefficient (Wildman–Crippen LogP) is 2.07. The van der Waals surface area contributed by atoms with Crippen molar-refractivity contribution in [1.29, 1.82) is 0 Å². The summed E-state index contributed by atoms with van der Waals surface area (Å²) in [4.78, 5) is 22.1. The molecular formula is C11H10F2O4. The molecule has 6 heteroatoms. The summed E-state index contributed by atoms with van der Waals surface area (Å²) in [6.07, 6.45) is -0.00708. The second kappa shape index (κ2) is 5.38. The zero-order valence-electron chi connectivity index (χ0n) is 9.25. The van der Waals surface area contributed by atoms with Crippen molar-refractivity contribution in [2.75, 3.05) is 7.11 Å². The van der Waals surface area contributed by atoms with Gasteiger partial charge in [0.1, 0.15) is 0 Å². The van der Waals surface area contributed by atoms with Gasteiger partial charge in [0.2, 0.25) is 0 Å². The Bertz CT molecular complexity index is 434. The Morgan fingerprint density at radius 3 is 2.18 bits per heavy atom. The Morgan fingerprint density at radius 1 is 1.24 bits per heavy atom. The van der Waals surface area contributed by atoms with Crippen LogP contribution in [0.1, 0.15) is 23.7 Å². The molecule has 0 unspecified atom stereocenters. The lowest BCUT2D eigenvalue weighted by molar-refractivity contribution is -0.137. The highest BCUT2D eigenvalue weighted by atomic mass is 19.1. The Hall–Kier alpha value is -1.98. The Balaban J connectivity index is 3.00. The number of hydrogen-bond acceptors (Lipinski definition) is 4. The Morgan fingerprint density at radius 2 is 1.76 bits per heavy atom. The molecule has 1 rings (SSSR count). The van der Waals surface area contributed by atoms with Crippen molar-refractivity contribution in [3.63, 3.8) is 0 Å². The average Bonchev–Trinajstić information content (AvgIpc) is 2.28. The van der Waals surface area contributed by atoms with Crippen molar-refractivity contribution in [2.24, 2.45) is 0 Å². The van der Waals surface area contributed by atoms with Crippen LogP contribution in [0.2, 0.25) is 0 Å². The van der Waals surface area contributed by atoms with Crippen molar-refractivity contribution < 1.29 is 27.8 Å². The van der Waals surface area contributed by atoms with E-state index < -0.39 is 29.3 Å². The number of esters is 2. The molecule has 0 aliphatic rings. The highest BCUT2D eigenvalue weighted by molar-refractivity contribution is 5.96. The van der Waals surface area contributed by atoms with Crippen LogP contribution in [0, 0.1) is 11.6 Å². The lowest BCUT2D eigenvalue weighted by atomic mass is 10.2. The number of carbonyl (C=O) groups is 2. The van der Waals surface area contributed by atoms with Crippen LogP contribution in [0.25, 0.3) is 0 Å². The quantitative estimate of drug-likeness (QED) is 0.603. The number of carbonyl (C=O) groups excluding carboxylic acids is 2. The molecule has 0 heterocycles. The SMILES string of the molecule is CCC(=O)OC(=O)c1cc(F)c(OC)c(F)c1. The number of benzene rings is 1. The maximum Gasteiger partial charge on any atom is 0.345 e. The smallest absolute Gasteiger partial charge is 0.345 e. The first kappa shape index (κ1) is 13.1. The number of ether oxygens (including phenoxy) is 2. The summed E-state index contributed by atoms with van der Waals surface area (Å²) in [7, 11) is 1.10. The van der Waals surface area contributed by atoms with Gasteiger partial charge >= 0.3 is 11.9 Å². The van der Waals surface area contributed by atoms with Crippen LogP contribution in [-0.2, 0) is 9.53 Å². The molecule has 1 aromatic rings. The van der Waals surface area contributed by atoms with Gasteiger partial charge in [-0.1, -0.05) is 6.92 Å². The first-order valence-electron chi connectivity index (χ1n) is 4.77. The molecule has 0 spiro atoms. The standard InChI is InChI=1S/C11H10F2O4/c1-3-9(14)17-11(15)6-4-7(12)10(16-2)8(13)5-6/h4-5H,3H2,1-2H3. The van der Waals surface area contributed by atoms with Crippen LogP contribution in [0.5, 0.6) is 5.75 Å². The molecule has 17 heavy (non-hydrogen) atoms. The first-order chi connectivity index (χ1) is 7.99. The second-order valence-corrected chi connectivity index (χ2v) is 3.09. The van der Waals surface area contributed by atoms with Crippen molar-refractivity contribution >= 4 is 11.9 Å². The lowest BCUT2D eigenvalue weighted by Crippen LogP contribution is -2.12. The zero-order valence-corrected chi connectivity index (χ0v) is 9.25. The largest absolute Gasteiger partial charge is 0.491 e. The van der Waals surface area contributed by atoms with E-state index in [9.17, 15) is 18.4 Å². The minimum absolute atomic E-state index is 0.00708. The Labute approximate surface area is 96.1 Å². The Kier molecular flexibility index (Phi) is 4.14. The minimum Gasteiger partial charge on any atom is -0.491 e. The average molecular weight is 244 g/mol. The van der Waals surface area contributed by atoms with Gasteiger partial charge in [0.25, 0.3) is 0 Å². The van der Waals surface area contributed by atoms with E-state index in [1.54, 1.807) is 0 Å². The highest BCUT2D eigenvalue weighted by Crippen LogP contribution is 2.23. The molecule has 0 amide bonds. The molecular weight excluding hydrogens is 234 g/mol. The fraction of sp³-hybridized carbons (Fsp3) is 0.273. The molecule has 0 fully saturated rings. The molecule has 0 aromatic heterocycles. The van der Waals surface area contributed by atoms with E-state index in [4.69, 9.17) is 0 Å². The van der Waals surface area contributed by atoms with Gasteiger partial charge in [0.15, 0.2) is 17.4 Å². The van der Waals surface area contributed by atoms with E-state index in [-0.39, 0.29) is 12.0 Å². The molecule has 0 bridgehead atoms. The third-order valence-corrected chi connectivity index (χ3v) is 1.93. The lowest BCUT2D eigenvalue weighted by Gasteiger charge is -2.06. The molecule has 0 aliphatic carbocycles. The molecule has 4 nitrogen and oxygen atoms in total. The molecule has 0 radical (unpaired) electrons. The van der Waals surface area contributed by atoms with Crippen LogP contribution in [0.4, 0.5) is 8.78 Å². The van der Waals surface area contributed by atoms with Gasteiger partial charge in [-0.2, -0.15) is 0 Å². The van der Waals surface area contributed by atoms with E-state index >= 15 is 0 Å². The van der Waals surface area contributed by atoms with E-state index in [1.165, 1.54) is 6.92 Å². The molecule has 1 aromatic carbocycles. The van der Waals surface area contributed by atoms with Gasteiger partial charge in [-0.15, -0.1) is 0 Å². The number of hydrogen-bond donors (Lipinski definition) is 0. The normalized spacial score (nSPS) is 9.88. The molecule has 0 atom stereocenters. The number of halogens is 2. The monoisotopic (exact) mass is 244 g/mol. The van der Waals surface area contributed by atoms with Crippen LogP contribution in [0.15, 0.2) is 12.1 Å². The van der Waals surface area contributed by atoms with Crippen LogP contribution in [-0.4, -0.2) is 19.0 Å². The fourth-order valence-corrected chi connectivity index (χ4v) is 1.11. The molecule has 0 aliphatic heterocycles. The third kappa shape index (κ3) is 2.99. The summed E-state index contributed by atoms with van der Waals surface area (Å²) < 4.78 is 35.2. The van der Waals surface area contributed by atoms with E-state index in [2.05, 4.69) is 9.47 Å². The molecule has 92 valence electrons. The predicted molar refractivity (Wildman–Crippen MR) is 53.6 cm³/mol. The first-order valence-corrected chi connectivity index (χ1v) is 4.77. The van der Waals surface area contributed by atoms with Gasteiger partial charge in [-0.25, -0.2) is 13.6 Å². The maximum atomic E-state index is 13.2. The summed E-state index contributed by atoms with van der Waals surface area (Å²) in [6.45, 7) is 1.49. The van der Waals surface area contributed by atoms with E-state index in [1.807, 2.05) is 0 Å². The van der Waals surface area contributed by atoms with E-state index in [0.29, 0.717) is 0 Å². The van der Waals surface area contributed by atoms with E-state index in [0.717, 1.165) is 19.2 Å². The van der Waals surface area contributed by atoms with Gasteiger partial charge in [-0.05, 0) is 12.1 Å². The van der Waals surface area contributed by atoms with Crippen LogP contribution >= 0.6 is 0 Å². The van der Waals surface area contributed by atoms with Crippen LogP contribution < -0.4 is 4.74 Å². The fourth-order valence-electron chi connectivity index (χ4n) is 1.11. The maximum absolute atomic E-state index is 13.2. The van der Waals surface area contributed by atoms with Crippen molar-refractivity contribution in [2.45, 2.75) is 13.3 Å². The van der Waals surface area contributed by atoms with Crippen molar-refractivity contribution in [1.82, 2.24) is 0 Å². The molecule has 0 N–H and O–H groups in total. The number of methoxy groups -OCH3 is 1. The van der Waals surface area contributed by atoms with Gasteiger partial charge in [0.05, 0.1) is 12.7 Å². The minimum atomic E-state index is -1.10. The topological polar surface area (TPSA) is 52.6 Å². The summed E-state index contributed by atoms with van der Waals surface area (Å²) in [5.74, 6) is -4.54. The summed E-state index contributed by atoms with van der Waals surface area (Å²) in [6, 6.07) is 1.49. The third-order valence-electron chi connectivity index (χ3n) is 1.93. The highest BCUT2D eigenvalue weighted by Gasteiger charge is 2.18. The summed E-state index contributed by atoms with van der Waals surface area (Å²) in [5, 5.41) is 0. The van der Waals surface area contributed by atoms with Gasteiger partial charge in [-0.3, -0.25) is 4.79 Å². The summed E-state index contributed by atoms with van der Waals surface area (Å²) >= 11 is 0. The second-order valence-electron chi connectivity index (χ2n) is 3.09. The van der Waals surface area contributed by atoms with Crippen molar-refractivity contribution in [3.05, 3.63) is 29.3 Å². The van der Waals surface area contributed by atoms with Crippen LogP contribution in [0.3, 0.4) is 0 Å². The number of rotatable bonds is 3. The molecule has 0 saturated heterocycles. The van der Waals surface area contributed by atoms with Gasteiger partial charge in [0, 0.05) is 6.42 Å². The van der Waals surface area contributed by atoms with Crippen molar-refractivity contribution in [3.8, 4) is 5.75 Å². The molecule has 0 saturated carbocycles.